The van der Waals surface area contributed by atoms with Crippen molar-refractivity contribution in [2.45, 2.75) is 45.4 Å². The highest BCUT2D eigenvalue weighted by molar-refractivity contribution is 5.89. The Kier molecular flexibility index (Phi) is 4.77. The van der Waals surface area contributed by atoms with Crippen LogP contribution in [-0.2, 0) is 20.9 Å². The Morgan fingerprint density at radius 2 is 2.07 bits per heavy atom. The molecule has 1 heterocycles. The molecule has 1 saturated carbocycles. The number of hydrogen-bond donors (Lipinski definition) is 2. The molecule has 8 heteroatoms. The summed E-state index contributed by atoms with van der Waals surface area (Å²) in [5.74, 6) is -1.67. The zero-order valence-electron chi connectivity index (χ0n) is 15.6. The quantitative estimate of drug-likeness (QED) is 0.786. The minimum absolute atomic E-state index is 0.180. The van der Waals surface area contributed by atoms with Crippen molar-refractivity contribution in [3.8, 4) is 0 Å². The molecule has 1 aromatic heterocycles. The molecule has 144 valence electrons. The molecule has 27 heavy (non-hydrogen) atoms. The summed E-state index contributed by atoms with van der Waals surface area (Å²) in [5, 5.41) is 12.8. The standard InChI is InChI=1S/C19H23N3O5/c1-4-27-14-9-19(17(25)26,18(14,2)3)21-15(23)10-22-11-20-13-8-6-5-7-12(13)16(22)24/h5-8,11,14H,4,9-10H2,1-3H3,(H,21,23)(H,25,26). The molecule has 1 amide bonds. The van der Waals surface area contributed by atoms with Crippen molar-refractivity contribution in [1.29, 1.82) is 0 Å². The molecule has 0 aliphatic heterocycles. The number of nitrogens with zero attached hydrogens (tertiary/aromatic N) is 2. The first kappa shape index (κ1) is 19.0. The number of aliphatic carboxylic acids is 1. The van der Waals surface area contributed by atoms with Gasteiger partial charge in [0.05, 0.1) is 23.3 Å². The van der Waals surface area contributed by atoms with Crippen LogP contribution in [0.4, 0.5) is 0 Å². The monoisotopic (exact) mass is 373 g/mol. The summed E-state index contributed by atoms with van der Waals surface area (Å²) >= 11 is 0. The number of amides is 1. The fraction of sp³-hybridized carbons (Fsp3) is 0.474. The second kappa shape index (κ2) is 6.77. The Bertz CT molecular complexity index is 952. The molecule has 0 spiro atoms. The molecule has 2 atom stereocenters. The van der Waals surface area contributed by atoms with Gasteiger partial charge in [-0.3, -0.25) is 14.2 Å². The third-order valence-corrected chi connectivity index (χ3v) is 5.53. The van der Waals surface area contributed by atoms with Crippen LogP contribution < -0.4 is 10.9 Å². The van der Waals surface area contributed by atoms with E-state index in [0.29, 0.717) is 17.5 Å². The number of benzene rings is 1. The lowest BCUT2D eigenvalue weighted by molar-refractivity contribution is -0.194. The minimum Gasteiger partial charge on any atom is -0.479 e. The van der Waals surface area contributed by atoms with E-state index in [-0.39, 0.29) is 24.6 Å². The Morgan fingerprint density at radius 1 is 1.37 bits per heavy atom. The first-order valence-corrected chi connectivity index (χ1v) is 8.83. The summed E-state index contributed by atoms with van der Waals surface area (Å²) in [5.41, 5.74) is -2.02. The first-order chi connectivity index (χ1) is 12.7. The molecule has 8 nitrogen and oxygen atoms in total. The van der Waals surface area contributed by atoms with Gasteiger partial charge in [0.15, 0.2) is 0 Å². The molecule has 3 rings (SSSR count). The van der Waals surface area contributed by atoms with Crippen LogP contribution >= 0.6 is 0 Å². The third-order valence-electron chi connectivity index (χ3n) is 5.53. The van der Waals surface area contributed by atoms with Gasteiger partial charge >= 0.3 is 5.97 Å². The number of nitrogens with one attached hydrogen (secondary N) is 1. The fourth-order valence-electron chi connectivity index (χ4n) is 3.69. The molecular weight excluding hydrogens is 350 g/mol. The van der Waals surface area contributed by atoms with Crippen LogP contribution in [0, 0.1) is 5.41 Å². The zero-order valence-corrected chi connectivity index (χ0v) is 15.6. The largest absolute Gasteiger partial charge is 0.479 e. The van der Waals surface area contributed by atoms with Crippen molar-refractivity contribution in [2.75, 3.05) is 6.61 Å². The van der Waals surface area contributed by atoms with Crippen LogP contribution in [0.25, 0.3) is 10.9 Å². The second-order valence-electron chi connectivity index (χ2n) is 7.32. The number of para-hydroxylation sites is 1. The molecule has 1 fully saturated rings. The summed E-state index contributed by atoms with van der Waals surface area (Å²) in [6, 6.07) is 6.85. The van der Waals surface area contributed by atoms with Crippen molar-refractivity contribution in [2.24, 2.45) is 5.41 Å². The lowest BCUT2D eigenvalue weighted by Crippen LogP contribution is -2.76. The number of aromatic nitrogens is 2. The van der Waals surface area contributed by atoms with Crippen molar-refractivity contribution in [1.82, 2.24) is 14.9 Å². The van der Waals surface area contributed by atoms with E-state index >= 15 is 0 Å². The second-order valence-corrected chi connectivity index (χ2v) is 7.32. The van der Waals surface area contributed by atoms with Crippen LogP contribution in [0.15, 0.2) is 35.4 Å². The first-order valence-electron chi connectivity index (χ1n) is 8.83. The molecule has 2 N–H and O–H groups in total. The lowest BCUT2D eigenvalue weighted by atomic mass is 9.54. The number of rotatable bonds is 6. The summed E-state index contributed by atoms with van der Waals surface area (Å²) < 4.78 is 6.77. The number of fused-ring (bicyclic) bond motifs is 1. The molecule has 0 radical (unpaired) electrons. The molecule has 2 aromatic rings. The predicted octanol–water partition coefficient (Wildman–Crippen LogP) is 1.17. The minimum atomic E-state index is -1.43. The Balaban J connectivity index is 1.82. The van der Waals surface area contributed by atoms with Crippen LogP contribution in [0.3, 0.4) is 0 Å². The van der Waals surface area contributed by atoms with E-state index in [1.54, 1.807) is 38.1 Å². The van der Waals surface area contributed by atoms with Gasteiger partial charge < -0.3 is 15.2 Å². The van der Waals surface area contributed by atoms with E-state index in [2.05, 4.69) is 10.3 Å². The van der Waals surface area contributed by atoms with Gasteiger partial charge in [0.2, 0.25) is 5.91 Å². The maximum Gasteiger partial charge on any atom is 0.330 e. The van der Waals surface area contributed by atoms with Gasteiger partial charge in [0.25, 0.3) is 5.56 Å². The van der Waals surface area contributed by atoms with Gasteiger partial charge in [-0.25, -0.2) is 9.78 Å². The van der Waals surface area contributed by atoms with Crippen molar-refractivity contribution in [3.63, 3.8) is 0 Å². The van der Waals surface area contributed by atoms with E-state index in [4.69, 9.17) is 4.74 Å². The number of carboxylic acids is 1. The Morgan fingerprint density at radius 3 is 2.70 bits per heavy atom. The summed E-state index contributed by atoms with van der Waals surface area (Å²) in [6.07, 6.45) is 1.22. The maximum atomic E-state index is 12.6. The zero-order chi connectivity index (χ0) is 19.8. The van der Waals surface area contributed by atoms with E-state index in [9.17, 15) is 19.5 Å². The van der Waals surface area contributed by atoms with Gasteiger partial charge in [0.1, 0.15) is 12.1 Å². The molecule has 1 aromatic carbocycles. The summed E-state index contributed by atoms with van der Waals surface area (Å²) in [4.78, 5) is 41.2. The van der Waals surface area contributed by atoms with Gasteiger partial charge in [-0.1, -0.05) is 26.0 Å². The highest BCUT2D eigenvalue weighted by Crippen LogP contribution is 2.51. The summed E-state index contributed by atoms with van der Waals surface area (Å²) in [7, 11) is 0. The molecule has 2 unspecified atom stereocenters. The topological polar surface area (TPSA) is 111 Å². The molecule has 0 bridgehead atoms. The normalized spacial score (nSPS) is 23.6. The van der Waals surface area contributed by atoms with Crippen LogP contribution in [0.1, 0.15) is 27.2 Å². The Labute approximate surface area is 156 Å². The lowest BCUT2D eigenvalue weighted by Gasteiger charge is -2.58. The van der Waals surface area contributed by atoms with Gasteiger partial charge in [-0.2, -0.15) is 0 Å². The van der Waals surface area contributed by atoms with Gasteiger partial charge in [-0.15, -0.1) is 0 Å². The predicted molar refractivity (Wildman–Crippen MR) is 98.3 cm³/mol. The molecule has 1 aliphatic carbocycles. The maximum absolute atomic E-state index is 12.6. The number of carboxylic acid groups (broad SMARTS) is 1. The number of ether oxygens (including phenoxy) is 1. The van der Waals surface area contributed by atoms with Gasteiger partial charge in [0, 0.05) is 18.4 Å². The van der Waals surface area contributed by atoms with Gasteiger partial charge in [-0.05, 0) is 19.1 Å². The highest BCUT2D eigenvalue weighted by atomic mass is 16.5. The van der Waals surface area contributed by atoms with Crippen molar-refractivity contribution >= 4 is 22.8 Å². The summed E-state index contributed by atoms with van der Waals surface area (Å²) in [6.45, 7) is 5.52. The number of carbonyl (C=O) groups excluding carboxylic acids is 1. The highest BCUT2D eigenvalue weighted by Gasteiger charge is 2.66. The number of hydrogen-bond acceptors (Lipinski definition) is 5. The molecule has 0 saturated heterocycles. The average molecular weight is 373 g/mol. The van der Waals surface area contributed by atoms with Crippen LogP contribution in [0.2, 0.25) is 0 Å². The SMILES string of the molecule is CCOC1CC(NC(=O)Cn2cnc3ccccc3c2=O)(C(=O)O)C1(C)C. The van der Waals surface area contributed by atoms with Crippen LogP contribution in [-0.4, -0.2) is 44.8 Å². The van der Waals surface area contributed by atoms with E-state index < -0.39 is 22.8 Å². The molecular formula is C19H23N3O5. The van der Waals surface area contributed by atoms with E-state index in [0.717, 1.165) is 0 Å². The average Bonchev–Trinajstić information content (AvgIpc) is 2.63. The fourth-order valence-corrected chi connectivity index (χ4v) is 3.69. The third kappa shape index (κ3) is 2.99. The smallest absolute Gasteiger partial charge is 0.330 e. The van der Waals surface area contributed by atoms with E-state index in [1.807, 2.05) is 6.92 Å². The van der Waals surface area contributed by atoms with Crippen LogP contribution in [0.5, 0.6) is 0 Å². The van der Waals surface area contributed by atoms with Crippen molar-refractivity contribution < 1.29 is 19.4 Å². The van der Waals surface area contributed by atoms with E-state index in [1.165, 1.54) is 10.9 Å². The molecule has 1 aliphatic rings. The number of carbonyl (C=O) groups is 2. The van der Waals surface area contributed by atoms with Crippen molar-refractivity contribution in [3.05, 3.63) is 40.9 Å². The Hall–Kier alpha value is -2.74.